The molecule has 0 aliphatic heterocycles. The van der Waals surface area contributed by atoms with Gasteiger partial charge in [0.2, 0.25) is 5.91 Å². The number of nitrogens with one attached hydrogen (secondary N) is 1. The van der Waals surface area contributed by atoms with Crippen molar-refractivity contribution in [3.63, 3.8) is 0 Å². The molecule has 4 nitrogen and oxygen atoms in total. The van der Waals surface area contributed by atoms with E-state index in [1.807, 2.05) is 44.4 Å². The van der Waals surface area contributed by atoms with Crippen LogP contribution < -0.4 is 0 Å². The van der Waals surface area contributed by atoms with Gasteiger partial charge in [-0.1, -0.05) is 23.7 Å². The van der Waals surface area contributed by atoms with Crippen molar-refractivity contribution in [3.8, 4) is 0 Å². The van der Waals surface area contributed by atoms with Gasteiger partial charge in [-0.05, 0) is 43.0 Å². The SMILES string of the molecule is CC(c1ccc(Cl)cc1)N(C)C(=O)CCCc1cn[nH]c1. The van der Waals surface area contributed by atoms with Crippen molar-refractivity contribution < 1.29 is 4.79 Å². The average Bonchev–Trinajstić information content (AvgIpc) is 2.99. The zero-order chi connectivity index (χ0) is 15.2. The van der Waals surface area contributed by atoms with Crippen molar-refractivity contribution >= 4 is 17.5 Å². The molecule has 0 saturated heterocycles. The van der Waals surface area contributed by atoms with Crippen molar-refractivity contribution in [3.05, 3.63) is 52.8 Å². The number of aromatic nitrogens is 2. The Kier molecular flexibility index (Phi) is 5.39. The fraction of sp³-hybridized carbons (Fsp3) is 0.375. The summed E-state index contributed by atoms with van der Waals surface area (Å²) in [5, 5.41) is 7.39. The van der Waals surface area contributed by atoms with E-state index in [1.165, 1.54) is 0 Å². The second-order valence-electron chi connectivity index (χ2n) is 5.19. The molecule has 1 amide bonds. The third-order valence-corrected chi connectivity index (χ3v) is 3.99. The van der Waals surface area contributed by atoms with Crippen molar-refractivity contribution in [2.75, 3.05) is 7.05 Å². The van der Waals surface area contributed by atoms with Crippen LogP contribution in [0.25, 0.3) is 0 Å². The second-order valence-corrected chi connectivity index (χ2v) is 5.63. The lowest BCUT2D eigenvalue weighted by Crippen LogP contribution is -2.29. The number of carbonyl (C=O) groups is 1. The molecule has 2 rings (SSSR count). The van der Waals surface area contributed by atoms with Crippen LogP contribution in [-0.2, 0) is 11.2 Å². The highest BCUT2D eigenvalue weighted by Crippen LogP contribution is 2.21. The van der Waals surface area contributed by atoms with E-state index in [9.17, 15) is 4.79 Å². The molecule has 5 heteroatoms. The summed E-state index contributed by atoms with van der Waals surface area (Å²) in [5.41, 5.74) is 2.22. The fourth-order valence-electron chi connectivity index (χ4n) is 2.22. The molecule has 21 heavy (non-hydrogen) atoms. The molecule has 0 spiro atoms. The van der Waals surface area contributed by atoms with Gasteiger partial charge >= 0.3 is 0 Å². The van der Waals surface area contributed by atoms with Gasteiger partial charge in [0.25, 0.3) is 0 Å². The maximum Gasteiger partial charge on any atom is 0.222 e. The summed E-state index contributed by atoms with van der Waals surface area (Å²) in [6.07, 6.45) is 5.90. The number of aryl methyl sites for hydroxylation is 1. The molecule has 0 radical (unpaired) electrons. The Balaban J connectivity index is 1.84. The van der Waals surface area contributed by atoms with E-state index < -0.39 is 0 Å². The summed E-state index contributed by atoms with van der Waals surface area (Å²) < 4.78 is 0. The Morgan fingerprint density at radius 1 is 1.38 bits per heavy atom. The molecule has 1 N–H and O–H groups in total. The van der Waals surface area contributed by atoms with Gasteiger partial charge in [-0.2, -0.15) is 5.10 Å². The predicted octanol–water partition coefficient (Wildman–Crippen LogP) is 3.61. The number of carbonyl (C=O) groups excluding carboxylic acids is 1. The number of amides is 1. The lowest BCUT2D eigenvalue weighted by Gasteiger charge is -2.25. The molecule has 1 aromatic carbocycles. The number of aromatic amines is 1. The van der Waals surface area contributed by atoms with Gasteiger partial charge in [-0.25, -0.2) is 0 Å². The summed E-state index contributed by atoms with van der Waals surface area (Å²) in [7, 11) is 1.85. The Labute approximate surface area is 130 Å². The van der Waals surface area contributed by atoms with Gasteiger partial charge in [-0.3, -0.25) is 9.89 Å². The highest BCUT2D eigenvalue weighted by Gasteiger charge is 2.16. The topological polar surface area (TPSA) is 49.0 Å². The molecule has 1 atom stereocenters. The third kappa shape index (κ3) is 4.33. The minimum absolute atomic E-state index is 0.0451. The minimum Gasteiger partial charge on any atom is -0.339 e. The first-order valence-corrected chi connectivity index (χ1v) is 7.44. The first kappa shape index (κ1) is 15.6. The van der Waals surface area contributed by atoms with Gasteiger partial charge in [0.15, 0.2) is 0 Å². The number of hydrogen-bond acceptors (Lipinski definition) is 2. The quantitative estimate of drug-likeness (QED) is 0.886. The summed E-state index contributed by atoms with van der Waals surface area (Å²) in [4.78, 5) is 14.0. The maximum atomic E-state index is 12.2. The monoisotopic (exact) mass is 305 g/mol. The van der Waals surface area contributed by atoms with E-state index in [1.54, 1.807) is 11.1 Å². The van der Waals surface area contributed by atoms with E-state index in [-0.39, 0.29) is 11.9 Å². The second kappa shape index (κ2) is 7.27. The molecule has 1 heterocycles. The molecule has 112 valence electrons. The van der Waals surface area contributed by atoms with Gasteiger partial charge in [0.05, 0.1) is 12.2 Å². The molecule has 1 aromatic heterocycles. The number of halogens is 1. The number of H-pyrrole nitrogens is 1. The molecule has 1 unspecified atom stereocenters. The van der Waals surface area contributed by atoms with Crippen LogP contribution in [0.1, 0.15) is 36.9 Å². The normalized spacial score (nSPS) is 12.1. The first-order chi connectivity index (χ1) is 10.1. The smallest absolute Gasteiger partial charge is 0.222 e. The number of nitrogens with zero attached hydrogens (tertiary/aromatic N) is 2. The van der Waals surface area contributed by atoms with Crippen LogP contribution in [0.4, 0.5) is 0 Å². The minimum atomic E-state index is 0.0451. The fourth-order valence-corrected chi connectivity index (χ4v) is 2.34. The molecular weight excluding hydrogens is 286 g/mol. The number of rotatable bonds is 6. The molecule has 0 aliphatic carbocycles. The Morgan fingerprint density at radius 2 is 2.10 bits per heavy atom. The maximum absolute atomic E-state index is 12.2. The zero-order valence-corrected chi connectivity index (χ0v) is 13.1. The largest absolute Gasteiger partial charge is 0.339 e. The highest BCUT2D eigenvalue weighted by atomic mass is 35.5. The van der Waals surface area contributed by atoms with Crippen LogP contribution in [0.5, 0.6) is 0 Å². The molecule has 0 fully saturated rings. The van der Waals surface area contributed by atoms with Crippen LogP contribution in [0.15, 0.2) is 36.7 Å². The van der Waals surface area contributed by atoms with Crippen LogP contribution in [-0.4, -0.2) is 28.1 Å². The van der Waals surface area contributed by atoms with Crippen molar-refractivity contribution in [1.29, 1.82) is 0 Å². The molecule has 0 bridgehead atoms. The van der Waals surface area contributed by atoms with E-state index in [0.29, 0.717) is 11.4 Å². The van der Waals surface area contributed by atoms with Gasteiger partial charge in [0.1, 0.15) is 0 Å². The summed E-state index contributed by atoms with van der Waals surface area (Å²) >= 11 is 5.89. The van der Waals surface area contributed by atoms with Crippen LogP contribution in [0.3, 0.4) is 0 Å². The molecular formula is C16H20ClN3O. The standard InChI is InChI=1S/C16H20ClN3O/c1-12(14-6-8-15(17)9-7-14)20(2)16(21)5-3-4-13-10-18-19-11-13/h6-12H,3-5H2,1-2H3,(H,18,19). The Bertz CT molecular complexity index is 566. The van der Waals surface area contributed by atoms with Crippen molar-refractivity contribution in [1.82, 2.24) is 15.1 Å². The Hall–Kier alpha value is -1.81. The van der Waals surface area contributed by atoms with Crippen LogP contribution in [0, 0.1) is 0 Å². The van der Waals surface area contributed by atoms with Crippen molar-refractivity contribution in [2.45, 2.75) is 32.2 Å². The summed E-state index contributed by atoms with van der Waals surface area (Å²) in [5.74, 6) is 0.154. The van der Waals surface area contributed by atoms with Crippen molar-refractivity contribution in [2.24, 2.45) is 0 Å². The summed E-state index contributed by atoms with van der Waals surface area (Å²) in [6, 6.07) is 7.67. The number of benzene rings is 1. The molecule has 2 aromatic rings. The summed E-state index contributed by atoms with van der Waals surface area (Å²) in [6.45, 7) is 2.03. The van der Waals surface area contributed by atoms with Gasteiger partial charge in [0, 0.05) is 24.7 Å². The highest BCUT2D eigenvalue weighted by molar-refractivity contribution is 6.30. The van der Waals surface area contributed by atoms with Gasteiger partial charge < -0.3 is 4.90 Å². The average molecular weight is 306 g/mol. The Morgan fingerprint density at radius 3 is 2.71 bits per heavy atom. The van der Waals surface area contributed by atoms with E-state index in [2.05, 4.69) is 10.2 Å². The lowest BCUT2D eigenvalue weighted by molar-refractivity contribution is -0.131. The third-order valence-electron chi connectivity index (χ3n) is 3.74. The zero-order valence-electron chi connectivity index (χ0n) is 12.3. The predicted molar refractivity (Wildman–Crippen MR) is 84.2 cm³/mol. The number of hydrogen-bond donors (Lipinski definition) is 1. The van der Waals surface area contributed by atoms with E-state index >= 15 is 0 Å². The first-order valence-electron chi connectivity index (χ1n) is 7.06. The van der Waals surface area contributed by atoms with Gasteiger partial charge in [-0.15, -0.1) is 0 Å². The van der Waals surface area contributed by atoms with Crippen LogP contribution in [0.2, 0.25) is 5.02 Å². The van der Waals surface area contributed by atoms with E-state index in [4.69, 9.17) is 11.6 Å². The molecule has 0 saturated carbocycles. The van der Waals surface area contributed by atoms with E-state index in [0.717, 1.165) is 24.0 Å². The molecule has 0 aliphatic rings. The van der Waals surface area contributed by atoms with Crippen LogP contribution >= 0.6 is 11.6 Å². The lowest BCUT2D eigenvalue weighted by atomic mass is 10.1.